The first-order valence-corrected chi connectivity index (χ1v) is 11.4. The van der Waals surface area contributed by atoms with E-state index in [4.69, 9.17) is 0 Å². The highest BCUT2D eigenvalue weighted by atomic mass is 16.1. The van der Waals surface area contributed by atoms with E-state index in [1.807, 2.05) is 30.3 Å². The summed E-state index contributed by atoms with van der Waals surface area (Å²) in [5, 5.41) is 9.10. The zero-order valence-electron chi connectivity index (χ0n) is 18.2. The van der Waals surface area contributed by atoms with Gasteiger partial charge in [-0.3, -0.25) is 4.79 Å². The van der Waals surface area contributed by atoms with Gasteiger partial charge in [0.2, 0.25) is 0 Å². The van der Waals surface area contributed by atoms with E-state index in [0.717, 1.165) is 49.1 Å². The quantitative estimate of drug-likeness (QED) is 0.677. The number of carbonyl (C=O) groups excluding carboxylic acids is 1. The van der Waals surface area contributed by atoms with Gasteiger partial charge in [0.05, 0.1) is 0 Å². The summed E-state index contributed by atoms with van der Waals surface area (Å²) < 4.78 is 0. The number of hydrogen-bond donors (Lipinski definition) is 2. The molecular weight excluding hydrogens is 382 g/mol. The molecule has 160 valence electrons. The van der Waals surface area contributed by atoms with Gasteiger partial charge in [-0.25, -0.2) is 0 Å². The Balaban J connectivity index is 1.18. The van der Waals surface area contributed by atoms with E-state index in [0.29, 0.717) is 0 Å². The van der Waals surface area contributed by atoms with Crippen LogP contribution in [0.1, 0.15) is 41.3 Å². The summed E-state index contributed by atoms with van der Waals surface area (Å²) in [4.78, 5) is 15.3. The highest BCUT2D eigenvalue weighted by Crippen LogP contribution is 2.39. The Morgan fingerprint density at radius 2 is 1.77 bits per heavy atom. The van der Waals surface area contributed by atoms with Crippen LogP contribution in [-0.4, -0.2) is 43.0 Å². The lowest BCUT2D eigenvalue weighted by atomic mass is 9.69. The molecule has 0 unspecified atom stereocenters. The normalized spacial score (nSPS) is 19.1. The fourth-order valence-corrected chi connectivity index (χ4v) is 5.40. The molecule has 3 aromatic carbocycles. The maximum Gasteiger partial charge on any atom is 0.251 e. The summed E-state index contributed by atoms with van der Waals surface area (Å²) in [5.41, 5.74) is 4.00. The van der Waals surface area contributed by atoms with E-state index < -0.39 is 0 Å². The molecule has 2 aliphatic heterocycles. The third kappa shape index (κ3) is 4.10. The van der Waals surface area contributed by atoms with Gasteiger partial charge in [-0.15, -0.1) is 0 Å². The van der Waals surface area contributed by atoms with Crippen molar-refractivity contribution in [2.75, 3.05) is 26.2 Å². The van der Waals surface area contributed by atoms with Crippen molar-refractivity contribution in [3.8, 4) is 0 Å². The predicted molar refractivity (Wildman–Crippen MR) is 126 cm³/mol. The van der Waals surface area contributed by atoms with Crippen LogP contribution in [0.3, 0.4) is 0 Å². The summed E-state index contributed by atoms with van der Waals surface area (Å²) in [6.07, 6.45) is 2.34. The average Bonchev–Trinajstić information content (AvgIpc) is 2.80. The summed E-state index contributed by atoms with van der Waals surface area (Å²) >= 11 is 0. The molecule has 31 heavy (non-hydrogen) atoms. The standard InChI is InChI=1S/C27H31N3O/c1-20(29-26(31)23-11-10-21-6-2-3-7-22(21)16-23)18-30-14-12-27(13-15-30)19-28-17-24-8-4-5-9-25(24)27/h2-11,16,20,28H,12-15,17-19H2,1H3,(H,29,31)/t20-/m1/s1. The van der Waals surface area contributed by atoms with Crippen LogP contribution in [0.25, 0.3) is 10.8 Å². The first-order chi connectivity index (χ1) is 15.1. The minimum atomic E-state index is 0.0112. The molecule has 5 rings (SSSR count). The number of likely N-dealkylation sites (tertiary alicyclic amines) is 1. The summed E-state index contributed by atoms with van der Waals surface area (Å²) in [7, 11) is 0. The van der Waals surface area contributed by atoms with Gasteiger partial charge in [0.1, 0.15) is 0 Å². The Labute approximate surface area is 184 Å². The van der Waals surface area contributed by atoms with Crippen molar-refractivity contribution in [1.82, 2.24) is 15.5 Å². The number of nitrogens with zero attached hydrogens (tertiary/aromatic N) is 1. The zero-order valence-corrected chi connectivity index (χ0v) is 18.2. The van der Waals surface area contributed by atoms with Crippen LogP contribution in [0, 0.1) is 0 Å². The molecule has 1 saturated heterocycles. The third-order valence-corrected chi connectivity index (χ3v) is 7.10. The van der Waals surface area contributed by atoms with Crippen molar-refractivity contribution in [2.24, 2.45) is 0 Å². The van der Waals surface area contributed by atoms with Crippen molar-refractivity contribution in [2.45, 2.75) is 37.8 Å². The van der Waals surface area contributed by atoms with Crippen molar-refractivity contribution >= 4 is 16.7 Å². The Morgan fingerprint density at radius 3 is 2.61 bits per heavy atom. The fraction of sp³-hybridized carbons (Fsp3) is 0.370. The number of piperidine rings is 1. The molecule has 2 heterocycles. The molecule has 0 aliphatic carbocycles. The van der Waals surface area contributed by atoms with Crippen molar-refractivity contribution in [3.63, 3.8) is 0 Å². The predicted octanol–water partition coefficient (Wildman–Crippen LogP) is 4.10. The smallest absolute Gasteiger partial charge is 0.251 e. The molecule has 1 atom stereocenters. The van der Waals surface area contributed by atoms with Crippen LogP contribution in [0.5, 0.6) is 0 Å². The lowest BCUT2D eigenvalue weighted by Crippen LogP contribution is -2.52. The van der Waals surface area contributed by atoms with E-state index >= 15 is 0 Å². The molecule has 0 bridgehead atoms. The van der Waals surface area contributed by atoms with Gasteiger partial charge in [-0.2, -0.15) is 0 Å². The SMILES string of the molecule is C[C@H](CN1CCC2(CC1)CNCc1ccccc12)NC(=O)c1ccc2ccccc2c1. The minimum Gasteiger partial charge on any atom is -0.348 e. The van der Waals surface area contributed by atoms with Crippen LogP contribution < -0.4 is 10.6 Å². The van der Waals surface area contributed by atoms with Gasteiger partial charge in [0.25, 0.3) is 5.91 Å². The maximum atomic E-state index is 12.8. The Kier molecular flexibility index (Phi) is 5.51. The molecule has 0 saturated carbocycles. The summed E-state index contributed by atoms with van der Waals surface area (Å²) in [6.45, 7) is 7.22. The Bertz CT molecular complexity index is 1080. The number of amides is 1. The second-order valence-electron chi connectivity index (χ2n) is 9.28. The van der Waals surface area contributed by atoms with Gasteiger partial charge in [0, 0.05) is 36.7 Å². The molecule has 3 aromatic rings. The second-order valence-corrected chi connectivity index (χ2v) is 9.28. The molecule has 1 amide bonds. The van der Waals surface area contributed by atoms with E-state index in [-0.39, 0.29) is 17.4 Å². The van der Waals surface area contributed by atoms with Gasteiger partial charge in [-0.05, 0) is 66.9 Å². The number of hydrogen-bond acceptors (Lipinski definition) is 3. The van der Waals surface area contributed by atoms with Gasteiger partial charge < -0.3 is 15.5 Å². The van der Waals surface area contributed by atoms with Crippen molar-refractivity contribution < 1.29 is 4.79 Å². The Hall–Kier alpha value is -2.69. The van der Waals surface area contributed by atoms with Gasteiger partial charge in [0.15, 0.2) is 0 Å². The summed E-state index contributed by atoms with van der Waals surface area (Å²) in [5.74, 6) is 0.0112. The molecule has 2 aliphatic rings. The lowest BCUT2D eigenvalue weighted by Gasteiger charge is -2.46. The first-order valence-electron chi connectivity index (χ1n) is 11.4. The van der Waals surface area contributed by atoms with Crippen LogP contribution in [0.2, 0.25) is 0 Å². The zero-order chi connectivity index (χ0) is 21.3. The van der Waals surface area contributed by atoms with Gasteiger partial charge >= 0.3 is 0 Å². The van der Waals surface area contributed by atoms with Crippen molar-refractivity contribution in [3.05, 3.63) is 83.4 Å². The topological polar surface area (TPSA) is 44.4 Å². The lowest BCUT2D eigenvalue weighted by molar-refractivity contribution is 0.0913. The minimum absolute atomic E-state index is 0.0112. The van der Waals surface area contributed by atoms with Gasteiger partial charge in [-0.1, -0.05) is 54.6 Å². The van der Waals surface area contributed by atoms with Crippen molar-refractivity contribution in [1.29, 1.82) is 0 Å². The number of benzene rings is 3. The molecule has 2 N–H and O–H groups in total. The largest absolute Gasteiger partial charge is 0.348 e. The van der Waals surface area contributed by atoms with E-state index in [9.17, 15) is 4.79 Å². The second kappa shape index (κ2) is 8.45. The first kappa shape index (κ1) is 20.2. The molecule has 0 aromatic heterocycles. The van der Waals surface area contributed by atoms with Crippen LogP contribution in [0.15, 0.2) is 66.7 Å². The van der Waals surface area contributed by atoms with E-state index in [2.05, 4.69) is 58.9 Å². The van der Waals surface area contributed by atoms with Crippen LogP contribution in [0.4, 0.5) is 0 Å². The van der Waals surface area contributed by atoms with E-state index in [1.54, 1.807) is 5.56 Å². The average molecular weight is 414 g/mol. The fourth-order valence-electron chi connectivity index (χ4n) is 5.40. The maximum absolute atomic E-state index is 12.8. The molecule has 1 fully saturated rings. The highest BCUT2D eigenvalue weighted by molar-refractivity contribution is 5.98. The van der Waals surface area contributed by atoms with E-state index in [1.165, 1.54) is 18.4 Å². The number of carbonyl (C=O) groups is 1. The monoisotopic (exact) mass is 413 g/mol. The number of nitrogens with one attached hydrogen (secondary N) is 2. The molecule has 4 nitrogen and oxygen atoms in total. The molecule has 1 spiro atoms. The number of rotatable bonds is 4. The van der Waals surface area contributed by atoms with Crippen LogP contribution >= 0.6 is 0 Å². The van der Waals surface area contributed by atoms with Crippen LogP contribution in [-0.2, 0) is 12.0 Å². The summed E-state index contributed by atoms with van der Waals surface area (Å²) in [6, 6.07) is 23.1. The third-order valence-electron chi connectivity index (χ3n) is 7.10. The molecule has 4 heteroatoms. The molecule has 0 radical (unpaired) electrons. The molecular formula is C27H31N3O. The highest BCUT2D eigenvalue weighted by Gasteiger charge is 2.39. The Morgan fingerprint density at radius 1 is 1.03 bits per heavy atom. The number of fused-ring (bicyclic) bond motifs is 3.